The fraction of sp³-hybridized carbons (Fsp3) is 0.500. The van der Waals surface area contributed by atoms with Crippen molar-refractivity contribution in [2.75, 3.05) is 26.2 Å². The van der Waals surface area contributed by atoms with Gasteiger partial charge in [-0.25, -0.2) is 0 Å². The van der Waals surface area contributed by atoms with E-state index < -0.39 is 0 Å². The van der Waals surface area contributed by atoms with Crippen molar-refractivity contribution in [2.45, 2.75) is 51.0 Å². The van der Waals surface area contributed by atoms with E-state index in [1.54, 1.807) is 0 Å². The summed E-state index contributed by atoms with van der Waals surface area (Å²) in [6.45, 7) is 7.90. The molecule has 3 heteroatoms. The molecule has 3 aromatic rings. The summed E-state index contributed by atoms with van der Waals surface area (Å²) in [5.74, 6) is 1.42. The molecule has 0 saturated carbocycles. The SMILES string of the molecule is CCn1c2ccc(C3CCNCC3)cc2c2cc(C3CCNCC3)ccc21. The predicted octanol–water partition coefficient (Wildman–Crippen LogP) is 4.75. The van der Waals surface area contributed by atoms with Gasteiger partial charge in [-0.05, 0) is 106 Å². The minimum Gasteiger partial charge on any atom is -0.341 e. The Kier molecular flexibility index (Phi) is 4.66. The van der Waals surface area contributed by atoms with Crippen LogP contribution in [0.1, 0.15) is 55.6 Å². The number of piperidine rings is 2. The van der Waals surface area contributed by atoms with E-state index in [2.05, 4.69) is 58.5 Å². The van der Waals surface area contributed by atoms with Crippen LogP contribution in [0.25, 0.3) is 21.8 Å². The summed E-state index contributed by atoms with van der Waals surface area (Å²) >= 11 is 0. The summed E-state index contributed by atoms with van der Waals surface area (Å²) in [7, 11) is 0. The van der Waals surface area contributed by atoms with Gasteiger partial charge in [-0.2, -0.15) is 0 Å². The van der Waals surface area contributed by atoms with Crippen molar-refractivity contribution in [3.8, 4) is 0 Å². The van der Waals surface area contributed by atoms with Gasteiger partial charge >= 0.3 is 0 Å². The molecule has 27 heavy (non-hydrogen) atoms. The highest BCUT2D eigenvalue weighted by atomic mass is 15.0. The van der Waals surface area contributed by atoms with E-state index in [1.165, 1.54) is 58.6 Å². The first-order valence-electron chi connectivity index (χ1n) is 10.8. The van der Waals surface area contributed by atoms with Crippen LogP contribution in [-0.4, -0.2) is 30.7 Å². The highest BCUT2D eigenvalue weighted by Crippen LogP contribution is 2.36. The van der Waals surface area contributed by atoms with Gasteiger partial charge in [0.15, 0.2) is 0 Å². The zero-order valence-corrected chi connectivity index (χ0v) is 16.4. The normalized spacial score (nSPS) is 19.9. The molecular weight excluding hydrogens is 330 g/mol. The predicted molar refractivity (Wildman–Crippen MR) is 115 cm³/mol. The van der Waals surface area contributed by atoms with Gasteiger partial charge in [0.2, 0.25) is 0 Å². The quantitative estimate of drug-likeness (QED) is 0.705. The first kappa shape index (κ1) is 17.3. The number of nitrogens with one attached hydrogen (secondary N) is 2. The molecule has 0 bridgehead atoms. The summed E-state index contributed by atoms with van der Waals surface area (Å²) < 4.78 is 2.49. The van der Waals surface area contributed by atoms with Crippen LogP contribution in [0.4, 0.5) is 0 Å². The molecular formula is C24H31N3. The summed E-state index contributed by atoms with van der Waals surface area (Å²) in [4.78, 5) is 0. The Bertz CT molecular complexity index is 868. The maximum absolute atomic E-state index is 3.50. The van der Waals surface area contributed by atoms with Crippen molar-refractivity contribution in [2.24, 2.45) is 0 Å². The fourth-order valence-corrected chi connectivity index (χ4v) is 5.30. The molecule has 0 aliphatic carbocycles. The van der Waals surface area contributed by atoms with E-state index in [9.17, 15) is 0 Å². The first-order valence-corrected chi connectivity index (χ1v) is 10.8. The maximum Gasteiger partial charge on any atom is 0.0491 e. The smallest absolute Gasteiger partial charge is 0.0491 e. The van der Waals surface area contributed by atoms with Crippen LogP contribution in [0.3, 0.4) is 0 Å². The monoisotopic (exact) mass is 361 g/mol. The Morgan fingerprint density at radius 2 is 1.19 bits per heavy atom. The number of hydrogen-bond donors (Lipinski definition) is 2. The van der Waals surface area contributed by atoms with E-state index in [-0.39, 0.29) is 0 Å². The van der Waals surface area contributed by atoms with E-state index in [1.807, 2.05) is 0 Å². The van der Waals surface area contributed by atoms with Crippen molar-refractivity contribution in [3.05, 3.63) is 47.5 Å². The van der Waals surface area contributed by atoms with Crippen LogP contribution in [0.5, 0.6) is 0 Å². The molecule has 2 saturated heterocycles. The number of hydrogen-bond acceptors (Lipinski definition) is 2. The second kappa shape index (κ2) is 7.29. The molecule has 0 radical (unpaired) electrons. The van der Waals surface area contributed by atoms with Crippen molar-refractivity contribution in [1.82, 2.24) is 15.2 Å². The Labute approximate surface area is 162 Å². The summed E-state index contributed by atoms with van der Waals surface area (Å²) in [5.41, 5.74) is 5.86. The van der Waals surface area contributed by atoms with Gasteiger partial charge in [0, 0.05) is 28.4 Å². The number of benzene rings is 2. The Balaban J connectivity index is 1.64. The average molecular weight is 362 g/mol. The minimum absolute atomic E-state index is 0.711. The van der Waals surface area contributed by atoms with Crippen LogP contribution in [0.15, 0.2) is 36.4 Å². The van der Waals surface area contributed by atoms with Crippen molar-refractivity contribution < 1.29 is 0 Å². The number of aromatic nitrogens is 1. The van der Waals surface area contributed by atoms with Gasteiger partial charge in [-0.3, -0.25) is 0 Å². The highest BCUT2D eigenvalue weighted by Gasteiger charge is 2.19. The standard InChI is InChI=1S/C24H31N3/c1-2-27-23-5-3-19(17-7-11-25-12-8-17)15-21(23)22-16-20(4-6-24(22)27)18-9-13-26-14-10-18/h3-6,15-18,25-26H,2,7-14H2,1H3. The van der Waals surface area contributed by atoms with Gasteiger partial charge in [-0.1, -0.05) is 12.1 Å². The second-order valence-corrected chi connectivity index (χ2v) is 8.35. The van der Waals surface area contributed by atoms with Gasteiger partial charge < -0.3 is 15.2 Å². The van der Waals surface area contributed by atoms with E-state index in [0.717, 1.165) is 32.7 Å². The molecule has 2 aromatic carbocycles. The minimum atomic E-state index is 0.711. The number of fused-ring (bicyclic) bond motifs is 3. The van der Waals surface area contributed by atoms with Gasteiger partial charge in [-0.15, -0.1) is 0 Å². The fourth-order valence-electron chi connectivity index (χ4n) is 5.30. The van der Waals surface area contributed by atoms with Crippen molar-refractivity contribution >= 4 is 21.8 Å². The molecule has 2 fully saturated rings. The van der Waals surface area contributed by atoms with Crippen LogP contribution in [0, 0.1) is 0 Å². The Morgan fingerprint density at radius 3 is 1.59 bits per heavy atom. The molecule has 5 rings (SSSR count). The second-order valence-electron chi connectivity index (χ2n) is 8.35. The lowest BCUT2D eigenvalue weighted by Crippen LogP contribution is -2.26. The number of rotatable bonds is 3. The summed E-state index contributed by atoms with van der Waals surface area (Å²) in [6.07, 6.45) is 5.05. The van der Waals surface area contributed by atoms with Crippen molar-refractivity contribution in [1.29, 1.82) is 0 Å². The molecule has 3 heterocycles. The highest BCUT2D eigenvalue weighted by molar-refractivity contribution is 6.08. The molecule has 1 aromatic heterocycles. The first-order chi connectivity index (χ1) is 13.3. The van der Waals surface area contributed by atoms with E-state index in [0.29, 0.717) is 11.8 Å². The largest absolute Gasteiger partial charge is 0.341 e. The molecule has 2 aliphatic heterocycles. The molecule has 2 aliphatic rings. The van der Waals surface area contributed by atoms with Crippen LogP contribution in [-0.2, 0) is 6.54 Å². The molecule has 3 nitrogen and oxygen atoms in total. The Hall–Kier alpha value is -1.84. The van der Waals surface area contributed by atoms with Crippen LogP contribution < -0.4 is 10.6 Å². The molecule has 0 atom stereocenters. The summed E-state index contributed by atoms with van der Waals surface area (Å²) in [6, 6.07) is 14.5. The zero-order chi connectivity index (χ0) is 18.2. The number of aryl methyl sites for hydroxylation is 1. The third-order valence-corrected chi connectivity index (χ3v) is 6.85. The topological polar surface area (TPSA) is 29.0 Å². The Morgan fingerprint density at radius 1 is 0.741 bits per heavy atom. The molecule has 0 amide bonds. The molecule has 142 valence electrons. The zero-order valence-electron chi connectivity index (χ0n) is 16.4. The van der Waals surface area contributed by atoms with Gasteiger partial charge in [0.1, 0.15) is 0 Å². The van der Waals surface area contributed by atoms with Crippen LogP contribution >= 0.6 is 0 Å². The third kappa shape index (κ3) is 3.07. The van der Waals surface area contributed by atoms with E-state index >= 15 is 0 Å². The van der Waals surface area contributed by atoms with E-state index in [4.69, 9.17) is 0 Å². The number of nitrogens with zero attached hydrogens (tertiary/aromatic N) is 1. The lowest BCUT2D eigenvalue weighted by atomic mass is 9.88. The lowest BCUT2D eigenvalue weighted by Gasteiger charge is -2.23. The van der Waals surface area contributed by atoms with Gasteiger partial charge in [0.05, 0.1) is 0 Å². The van der Waals surface area contributed by atoms with Crippen molar-refractivity contribution in [3.63, 3.8) is 0 Å². The van der Waals surface area contributed by atoms with Crippen LogP contribution in [0.2, 0.25) is 0 Å². The molecule has 2 N–H and O–H groups in total. The lowest BCUT2D eigenvalue weighted by molar-refractivity contribution is 0.460. The maximum atomic E-state index is 3.50. The molecule has 0 unspecified atom stereocenters. The average Bonchev–Trinajstić information content (AvgIpc) is 3.07. The third-order valence-electron chi connectivity index (χ3n) is 6.85. The molecule has 0 spiro atoms. The summed E-state index contributed by atoms with van der Waals surface area (Å²) in [5, 5.41) is 9.91. The van der Waals surface area contributed by atoms with Gasteiger partial charge in [0.25, 0.3) is 0 Å².